The molecule has 2 aromatic rings. The van der Waals surface area contributed by atoms with E-state index >= 15 is 0 Å². The van der Waals surface area contributed by atoms with Crippen molar-refractivity contribution in [3.63, 3.8) is 0 Å². The van der Waals surface area contributed by atoms with E-state index in [0.29, 0.717) is 11.3 Å². The van der Waals surface area contributed by atoms with E-state index in [1.54, 1.807) is 18.5 Å². The Labute approximate surface area is 113 Å². The van der Waals surface area contributed by atoms with Crippen LogP contribution in [0.5, 0.6) is 0 Å². The smallest absolute Gasteiger partial charge is 0.255 e. The highest BCUT2D eigenvalue weighted by molar-refractivity contribution is 6.04. The van der Waals surface area contributed by atoms with Crippen molar-refractivity contribution in [1.29, 1.82) is 0 Å². The second-order valence-electron chi connectivity index (χ2n) is 4.59. The van der Waals surface area contributed by atoms with E-state index in [1.165, 1.54) is 0 Å². The number of anilines is 2. The predicted octanol–water partition coefficient (Wildman–Crippen LogP) is 2.71. The first kappa shape index (κ1) is 13.1. The Hall–Kier alpha value is -2.36. The first-order valence-electron chi connectivity index (χ1n) is 6.07. The lowest BCUT2D eigenvalue weighted by atomic mass is 10.1. The lowest BCUT2D eigenvalue weighted by Gasteiger charge is -2.16. The Morgan fingerprint density at radius 2 is 2.05 bits per heavy atom. The Morgan fingerprint density at radius 3 is 2.63 bits per heavy atom. The van der Waals surface area contributed by atoms with Crippen LogP contribution in [0.25, 0.3) is 0 Å². The van der Waals surface area contributed by atoms with Crippen LogP contribution in [0.3, 0.4) is 0 Å². The third-order valence-electron chi connectivity index (χ3n) is 2.86. The van der Waals surface area contributed by atoms with Crippen molar-refractivity contribution in [2.75, 3.05) is 24.3 Å². The summed E-state index contributed by atoms with van der Waals surface area (Å²) in [6, 6.07) is 9.27. The molecular formula is C15H17N3O. The van der Waals surface area contributed by atoms with Crippen LogP contribution in [-0.4, -0.2) is 25.0 Å². The van der Waals surface area contributed by atoms with Crippen LogP contribution in [0, 0.1) is 6.92 Å². The number of pyridine rings is 1. The number of nitrogens with one attached hydrogen (secondary N) is 1. The van der Waals surface area contributed by atoms with E-state index in [1.807, 2.05) is 50.2 Å². The van der Waals surface area contributed by atoms with E-state index in [0.717, 1.165) is 11.3 Å². The van der Waals surface area contributed by atoms with Crippen molar-refractivity contribution >= 4 is 17.3 Å². The van der Waals surface area contributed by atoms with Gasteiger partial charge in [-0.2, -0.15) is 0 Å². The van der Waals surface area contributed by atoms with Gasteiger partial charge < -0.3 is 10.2 Å². The van der Waals surface area contributed by atoms with Gasteiger partial charge in [0.2, 0.25) is 0 Å². The largest absolute Gasteiger partial charge is 0.377 e. The van der Waals surface area contributed by atoms with Crippen LogP contribution >= 0.6 is 0 Å². The summed E-state index contributed by atoms with van der Waals surface area (Å²) in [7, 11) is 3.97. The molecule has 0 atom stereocenters. The van der Waals surface area contributed by atoms with Crippen molar-refractivity contribution in [3.8, 4) is 0 Å². The number of amides is 1. The number of hydrogen-bond acceptors (Lipinski definition) is 3. The average Bonchev–Trinajstić information content (AvgIpc) is 2.39. The second-order valence-corrected chi connectivity index (χ2v) is 4.59. The van der Waals surface area contributed by atoms with Gasteiger partial charge in [-0.25, -0.2) is 0 Å². The topological polar surface area (TPSA) is 45.2 Å². The fourth-order valence-electron chi connectivity index (χ4n) is 1.94. The molecule has 98 valence electrons. The molecule has 1 aromatic carbocycles. The molecule has 0 radical (unpaired) electrons. The highest BCUT2D eigenvalue weighted by atomic mass is 16.1. The molecule has 1 amide bonds. The first-order valence-corrected chi connectivity index (χ1v) is 6.07. The summed E-state index contributed by atoms with van der Waals surface area (Å²) in [5, 5.41) is 2.82. The van der Waals surface area contributed by atoms with E-state index < -0.39 is 0 Å². The summed E-state index contributed by atoms with van der Waals surface area (Å²) < 4.78 is 0. The molecule has 4 heteroatoms. The number of aryl methyl sites for hydroxylation is 1. The molecule has 0 aliphatic heterocycles. The highest BCUT2D eigenvalue weighted by Crippen LogP contribution is 2.19. The summed E-state index contributed by atoms with van der Waals surface area (Å²) in [5.74, 6) is -0.124. The minimum atomic E-state index is -0.124. The molecule has 1 heterocycles. The molecule has 0 aliphatic rings. The maximum Gasteiger partial charge on any atom is 0.255 e. The van der Waals surface area contributed by atoms with Crippen LogP contribution in [0.4, 0.5) is 11.4 Å². The molecule has 1 N–H and O–H groups in total. The van der Waals surface area contributed by atoms with Gasteiger partial charge in [-0.15, -0.1) is 0 Å². The molecule has 19 heavy (non-hydrogen) atoms. The number of nitrogens with zero attached hydrogens (tertiary/aromatic N) is 2. The van der Waals surface area contributed by atoms with E-state index in [4.69, 9.17) is 0 Å². The summed E-state index contributed by atoms with van der Waals surface area (Å²) in [6.07, 6.45) is 3.30. The Balaban J connectivity index is 2.18. The lowest BCUT2D eigenvalue weighted by Crippen LogP contribution is -2.14. The summed E-state index contributed by atoms with van der Waals surface area (Å²) >= 11 is 0. The highest BCUT2D eigenvalue weighted by Gasteiger charge is 2.08. The Kier molecular flexibility index (Phi) is 3.80. The second kappa shape index (κ2) is 5.52. The average molecular weight is 255 g/mol. The fourth-order valence-corrected chi connectivity index (χ4v) is 1.94. The molecule has 0 spiro atoms. The van der Waals surface area contributed by atoms with Crippen LogP contribution in [0.15, 0.2) is 42.7 Å². The molecule has 0 aliphatic carbocycles. The summed E-state index contributed by atoms with van der Waals surface area (Å²) in [6.45, 7) is 2.00. The van der Waals surface area contributed by atoms with Crippen LogP contribution in [-0.2, 0) is 0 Å². The molecule has 0 saturated heterocycles. The zero-order chi connectivity index (χ0) is 13.8. The first-order chi connectivity index (χ1) is 9.08. The van der Waals surface area contributed by atoms with E-state index in [-0.39, 0.29) is 5.91 Å². The van der Waals surface area contributed by atoms with Gasteiger partial charge in [0.15, 0.2) is 0 Å². The quantitative estimate of drug-likeness (QED) is 0.917. The summed E-state index contributed by atoms with van der Waals surface area (Å²) in [4.78, 5) is 18.1. The summed E-state index contributed by atoms with van der Waals surface area (Å²) in [5.41, 5.74) is 3.52. The van der Waals surface area contributed by atoms with E-state index in [2.05, 4.69) is 10.3 Å². The third kappa shape index (κ3) is 3.10. The van der Waals surface area contributed by atoms with Gasteiger partial charge in [0.25, 0.3) is 5.91 Å². The van der Waals surface area contributed by atoms with Crippen LogP contribution in [0.2, 0.25) is 0 Å². The lowest BCUT2D eigenvalue weighted by molar-refractivity contribution is 0.102. The van der Waals surface area contributed by atoms with Gasteiger partial charge in [-0.3, -0.25) is 9.78 Å². The standard InChI is InChI=1S/C15H17N3O/c1-11-9-12(6-7-14(11)18(2)3)15(19)17-13-5-4-8-16-10-13/h4-10H,1-3H3,(H,17,19). The van der Waals surface area contributed by atoms with Gasteiger partial charge in [0.05, 0.1) is 11.9 Å². The zero-order valence-electron chi connectivity index (χ0n) is 11.3. The van der Waals surface area contributed by atoms with Crippen LogP contribution in [0.1, 0.15) is 15.9 Å². The van der Waals surface area contributed by atoms with Gasteiger partial charge in [-0.1, -0.05) is 0 Å². The monoisotopic (exact) mass is 255 g/mol. The SMILES string of the molecule is Cc1cc(C(=O)Nc2cccnc2)ccc1N(C)C. The van der Waals surface area contributed by atoms with Gasteiger partial charge in [-0.05, 0) is 42.8 Å². The van der Waals surface area contributed by atoms with Gasteiger partial charge in [0, 0.05) is 31.5 Å². The van der Waals surface area contributed by atoms with Crippen LogP contribution < -0.4 is 10.2 Å². The predicted molar refractivity (Wildman–Crippen MR) is 77.7 cm³/mol. The maximum atomic E-state index is 12.1. The van der Waals surface area contributed by atoms with Crippen molar-refractivity contribution in [2.45, 2.75) is 6.92 Å². The number of carbonyl (C=O) groups is 1. The molecule has 0 fully saturated rings. The number of hydrogen-bond donors (Lipinski definition) is 1. The Morgan fingerprint density at radius 1 is 1.26 bits per heavy atom. The van der Waals surface area contributed by atoms with Crippen molar-refractivity contribution < 1.29 is 4.79 Å². The zero-order valence-corrected chi connectivity index (χ0v) is 11.3. The van der Waals surface area contributed by atoms with Gasteiger partial charge >= 0.3 is 0 Å². The van der Waals surface area contributed by atoms with Crippen molar-refractivity contribution in [2.24, 2.45) is 0 Å². The normalized spacial score (nSPS) is 10.1. The fraction of sp³-hybridized carbons (Fsp3) is 0.200. The molecule has 0 bridgehead atoms. The molecule has 4 nitrogen and oxygen atoms in total. The molecule has 0 unspecified atom stereocenters. The van der Waals surface area contributed by atoms with Gasteiger partial charge in [0.1, 0.15) is 0 Å². The number of aromatic nitrogens is 1. The number of rotatable bonds is 3. The minimum Gasteiger partial charge on any atom is -0.377 e. The third-order valence-corrected chi connectivity index (χ3v) is 2.86. The maximum absolute atomic E-state index is 12.1. The molecule has 1 aromatic heterocycles. The molecule has 0 saturated carbocycles. The van der Waals surface area contributed by atoms with Crippen molar-refractivity contribution in [3.05, 3.63) is 53.9 Å². The molecular weight excluding hydrogens is 238 g/mol. The molecule has 2 rings (SSSR count). The number of carbonyl (C=O) groups excluding carboxylic acids is 1. The van der Waals surface area contributed by atoms with Crippen molar-refractivity contribution in [1.82, 2.24) is 4.98 Å². The number of benzene rings is 1. The minimum absolute atomic E-state index is 0.124. The Bertz CT molecular complexity index is 579. The van der Waals surface area contributed by atoms with E-state index in [9.17, 15) is 4.79 Å².